The van der Waals surface area contributed by atoms with Crippen molar-refractivity contribution in [2.24, 2.45) is 5.92 Å². The maximum Gasteiger partial charge on any atom is 0.137 e. The van der Waals surface area contributed by atoms with Crippen LogP contribution in [0.2, 0.25) is 0 Å². The summed E-state index contributed by atoms with van der Waals surface area (Å²) < 4.78 is 6.52. The number of benzene rings is 1. The molecule has 1 heterocycles. The lowest BCUT2D eigenvalue weighted by Crippen LogP contribution is -2.00. The second-order valence-corrected chi connectivity index (χ2v) is 6.34. The van der Waals surface area contributed by atoms with Crippen LogP contribution >= 0.6 is 15.9 Å². The lowest BCUT2D eigenvalue weighted by atomic mass is 9.94. The summed E-state index contributed by atoms with van der Waals surface area (Å²) in [6.45, 7) is 2.03. The van der Waals surface area contributed by atoms with Crippen molar-refractivity contribution in [1.82, 2.24) is 5.16 Å². The average molecular weight is 320 g/mol. The van der Waals surface area contributed by atoms with E-state index in [9.17, 15) is 0 Å². The summed E-state index contributed by atoms with van der Waals surface area (Å²) in [5.41, 5.74) is 3.47. The first-order valence-electron chi connectivity index (χ1n) is 6.95. The van der Waals surface area contributed by atoms with Crippen molar-refractivity contribution in [1.29, 1.82) is 0 Å². The van der Waals surface area contributed by atoms with Crippen LogP contribution in [0, 0.1) is 12.8 Å². The molecule has 0 aliphatic heterocycles. The van der Waals surface area contributed by atoms with Crippen LogP contribution in [0.1, 0.15) is 37.0 Å². The lowest BCUT2D eigenvalue weighted by molar-refractivity contribution is 0.396. The third-order valence-electron chi connectivity index (χ3n) is 4.07. The summed E-state index contributed by atoms with van der Waals surface area (Å²) in [4.78, 5) is 0. The number of aromatic nitrogens is 1. The van der Waals surface area contributed by atoms with E-state index in [1.54, 1.807) is 0 Å². The zero-order chi connectivity index (χ0) is 13.2. The molecule has 0 N–H and O–H groups in total. The Kier molecular flexibility index (Phi) is 3.74. The molecule has 1 aromatic heterocycles. The van der Waals surface area contributed by atoms with Crippen molar-refractivity contribution in [3.05, 3.63) is 40.1 Å². The Morgan fingerprint density at radius 1 is 1.21 bits per heavy atom. The first kappa shape index (κ1) is 12.9. The number of rotatable bonds is 3. The van der Waals surface area contributed by atoms with Gasteiger partial charge in [0, 0.05) is 15.6 Å². The summed E-state index contributed by atoms with van der Waals surface area (Å²) >= 11 is 3.47. The van der Waals surface area contributed by atoms with E-state index >= 15 is 0 Å². The van der Waals surface area contributed by atoms with Gasteiger partial charge in [-0.15, -0.1) is 0 Å². The van der Waals surface area contributed by atoms with Gasteiger partial charge in [0.25, 0.3) is 0 Å². The maximum absolute atomic E-state index is 5.43. The normalized spacial score (nSPS) is 16.1. The summed E-state index contributed by atoms with van der Waals surface area (Å²) in [6, 6.07) is 8.30. The molecular formula is C16H18BrNO. The average Bonchev–Trinajstić information content (AvgIpc) is 3.03. The highest BCUT2D eigenvalue weighted by atomic mass is 79.9. The Hall–Kier alpha value is -1.09. The fourth-order valence-electron chi connectivity index (χ4n) is 2.97. The molecule has 0 atom stereocenters. The maximum atomic E-state index is 5.43. The molecule has 1 aliphatic rings. The molecule has 3 rings (SSSR count). The van der Waals surface area contributed by atoms with Crippen molar-refractivity contribution in [2.75, 3.05) is 0 Å². The molecule has 100 valence electrons. The highest BCUT2D eigenvalue weighted by Gasteiger charge is 2.21. The number of hydrogen-bond donors (Lipinski definition) is 0. The molecule has 0 unspecified atom stereocenters. The minimum Gasteiger partial charge on any atom is -0.361 e. The third-order valence-corrected chi connectivity index (χ3v) is 4.60. The second-order valence-electron chi connectivity index (χ2n) is 5.43. The van der Waals surface area contributed by atoms with Gasteiger partial charge in [0.1, 0.15) is 11.5 Å². The predicted molar refractivity (Wildman–Crippen MR) is 80.0 cm³/mol. The van der Waals surface area contributed by atoms with Crippen LogP contribution in [0.5, 0.6) is 0 Å². The van der Waals surface area contributed by atoms with Crippen molar-refractivity contribution in [3.63, 3.8) is 0 Å². The van der Waals surface area contributed by atoms with Crippen LogP contribution in [0.4, 0.5) is 0 Å². The van der Waals surface area contributed by atoms with Gasteiger partial charge in [0.15, 0.2) is 0 Å². The van der Waals surface area contributed by atoms with E-state index in [1.165, 1.54) is 31.2 Å². The Morgan fingerprint density at radius 3 is 2.58 bits per heavy atom. The molecule has 19 heavy (non-hydrogen) atoms. The Balaban J connectivity index is 1.91. The Labute approximate surface area is 122 Å². The van der Waals surface area contributed by atoms with E-state index in [-0.39, 0.29) is 0 Å². The number of aryl methyl sites for hydroxylation is 1. The summed E-state index contributed by atoms with van der Waals surface area (Å²) in [5.74, 6) is 1.79. The minimum absolute atomic E-state index is 0.812. The summed E-state index contributed by atoms with van der Waals surface area (Å²) in [6.07, 6.45) is 6.57. The quantitative estimate of drug-likeness (QED) is 0.782. The number of nitrogens with zero attached hydrogens (tertiary/aromatic N) is 1. The molecule has 0 saturated heterocycles. The van der Waals surface area contributed by atoms with E-state index < -0.39 is 0 Å². The fourth-order valence-corrected chi connectivity index (χ4v) is 3.23. The molecule has 1 fully saturated rings. The van der Waals surface area contributed by atoms with E-state index in [1.807, 2.05) is 6.92 Å². The molecule has 2 nitrogen and oxygen atoms in total. The molecule has 1 aromatic carbocycles. The second kappa shape index (κ2) is 5.49. The van der Waals surface area contributed by atoms with Crippen LogP contribution in [-0.4, -0.2) is 5.16 Å². The zero-order valence-electron chi connectivity index (χ0n) is 11.2. The summed E-state index contributed by atoms with van der Waals surface area (Å²) in [7, 11) is 0. The molecular weight excluding hydrogens is 302 g/mol. The van der Waals surface area contributed by atoms with Crippen LogP contribution in [-0.2, 0) is 6.42 Å². The minimum atomic E-state index is 0.812. The van der Waals surface area contributed by atoms with Gasteiger partial charge in [0.05, 0.1) is 0 Å². The van der Waals surface area contributed by atoms with Gasteiger partial charge in [-0.1, -0.05) is 58.9 Å². The van der Waals surface area contributed by atoms with Crippen molar-refractivity contribution in [3.8, 4) is 11.3 Å². The fraction of sp³-hybridized carbons (Fsp3) is 0.438. The van der Waals surface area contributed by atoms with Gasteiger partial charge in [-0.25, -0.2) is 0 Å². The standard InChI is InChI=1S/C16H18BrNO/c1-11-15(10-12-4-2-3-5-12)16(18-19-11)13-6-8-14(17)9-7-13/h6-9,12H,2-5,10H2,1H3. The molecule has 1 saturated carbocycles. The molecule has 1 aliphatic carbocycles. The van der Waals surface area contributed by atoms with Crippen LogP contribution in [0.3, 0.4) is 0 Å². The molecule has 0 amide bonds. The lowest BCUT2D eigenvalue weighted by Gasteiger charge is -2.09. The van der Waals surface area contributed by atoms with E-state index in [4.69, 9.17) is 4.52 Å². The number of hydrogen-bond acceptors (Lipinski definition) is 2. The van der Waals surface area contributed by atoms with Gasteiger partial charge >= 0.3 is 0 Å². The van der Waals surface area contributed by atoms with Gasteiger partial charge in [-0.05, 0) is 31.4 Å². The van der Waals surface area contributed by atoms with Gasteiger partial charge in [0.2, 0.25) is 0 Å². The Morgan fingerprint density at radius 2 is 1.89 bits per heavy atom. The number of halogens is 1. The van der Waals surface area contributed by atoms with Gasteiger partial charge in [-0.3, -0.25) is 0 Å². The van der Waals surface area contributed by atoms with Crippen LogP contribution < -0.4 is 0 Å². The molecule has 3 heteroatoms. The highest BCUT2D eigenvalue weighted by Crippen LogP contribution is 2.33. The largest absolute Gasteiger partial charge is 0.361 e. The molecule has 2 aromatic rings. The Bertz CT molecular complexity index is 553. The topological polar surface area (TPSA) is 26.0 Å². The monoisotopic (exact) mass is 319 g/mol. The van der Waals surface area contributed by atoms with Gasteiger partial charge in [-0.2, -0.15) is 0 Å². The highest BCUT2D eigenvalue weighted by molar-refractivity contribution is 9.10. The van der Waals surface area contributed by atoms with Crippen molar-refractivity contribution < 1.29 is 4.52 Å². The smallest absolute Gasteiger partial charge is 0.137 e. The van der Waals surface area contributed by atoms with Crippen molar-refractivity contribution in [2.45, 2.75) is 39.0 Å². The van der Waals surface area contributed by atoms with Crippen molar-refractivity contribution >= 4 is 15.9 Å². The van der Waals surface area contributed by atoms with E-state index in [0.29, 0.717) is 0 Å². The van der Waals surface area contributed by atoms with E-state index in [2.05, 4.69) is 45.4 Å². The predicted octanol–water partition coefficient (Wildman–Crippen LogP) is 5.15. The SMILES string of the molecule is Cc1onc(-c2ccc(Br)cc2)c1CC1CCCC1. The van der Waals surface area contributed by atoms with Crippen LogP contribution in [0.25, 0.3) is 11.3 Å². The van der Waals surface area contributed by atoms with E-state index in [0.717, 1.165) is 33.8 Å². The van der Waals surface area contributed by atoms with Crippen LogP contribution in [0.15, 0.2) is 33.3 Å². The first-order valence-corrected chi connectivity index (χ1v) is 7.74. The molecule has 0 bridgehead atoms. The third kappa shape index (κ3) is 2.76. The summed E-state index contributed by atoms with van der Waals surface area (Å²) in [5, 5.41) is 4.27. The van der Waals surface area contributed by atoms with Gasteiger partial charge < -0.3 is 4.52 Å². The first-order chi connectivity index (χ1) is 9.24. The zero-order valence-corrected chi connectivity index (χ0v) is 12.7. The molecule has 0 radical (unpaired) electrons. The molecule has 0 spiro atoms.